The van der Waals surface area contributed by atoms with E-state index in [0.717, 1.165) is 0 Å². The van der Waals surface area contributed by atoms with Gasteiger partial charge in [0.1, 0.15) is 0 Å². The first-order valence-corrected chi connectivity index (χ1v) is 9.31. The number of anilines is 1. The number of hydrogen-bond acceptors (Lipinski definition) is 5. The second-order valence-electron chi connectivity index (χ2n) is 6.80. The molecule has 0 saturated carbocycles. The van der Waals surface area contributed by atoms with E-state index in [2.05, 4.69) is 0 Å². The van der Waals surface area contributed by atoms with Crippen LogP contribution in [0, 0.1) is 0 Å². The number of hydrogen-bond donors (Lipinski definition) is 2. The molecule has 1 aliphatic rings. The van der Waals surface area contributed by atoms with Gasteiger partial charge in [-0.3, -0.25) is 14.5 Å². The number of aliphatic hydroxyl groups excluding tert-OH is 1. The number of carbonyl (C=O) groups excluding carboxylic acids is 2. The van der Waals surface area contributed by atoms with Gasteiger partial charge in [-0.2, -0.15) is 0 Å². The normalized spacial score (nSPS) is 16.1. The van der Waals surface area contributed by atoms with E-state index in [4.69, 9.17) is 4.74 Å². The first-order chi connectivity index (χ1) is 14.5. The monoisotopic (exact) mass is 401 g/mol. The summed E-state index contributed by atoms with van der Waals surface area (Å²) in [7, 11) is 1.41. The van der Waals surface area contributed by atoms with Crippen molar-refractivity contribution in [2.45, 2.75) is 6.04 Å². The molecule has 3 aromatic rings. The summed E-state index contributed by atoms with van der Waals surface area (Å²) in [4.78, 5) is 27.7. The third-order valence-electron chi connectivity index (χ3n) is 5.04. The maximum atomic E-state index is 13.3. The number of phenolic OH excluding ortho intramolecular Hbond substituents is 1. The Bertz CT molecular complexity index is 1140. The zero-order valence-corrected chi connectivity index (χ0v) is 16.1. The lowest BCUT2D eigenvalue weighted by atomic mass is 9.92. The Morgan fingerprint density at radius 3 is 2.20 bits per heavy atom. The Morgan fingerprint density at radius 2 is 1.57 bits per heavy atom. The van der Waals surface area contributed by atoms with Crippen LogP contribution in [0.3, 0.4) is 0 Å². The van der Waals surface area contributed by atoms with Gasteiger partial charge in [0.05, 0.1) is 18.7 Å². The van der Waals surface area contributed by atoms with Gasteiger partial charge in [-0.1, -0.05) is 54.6 Å². The number of ketones is 1. The number of carbonyl (C=O) groups is 2. The number of ether oxygens (including phenoxy) is 1. The third kappa shape index (κ3) is 3.18. The molecule has 4 rings (SSSR count). The largest absolute Gasteiger partial charge is 0.504 e. The molecule has 30 heavy (non-hydrogen) atoms. The number of aromatic hydroxyl groups is 1. The fraction of sp³-hybridized carbons (Fsp3) is 0.0833. The highest BCUT2D eigenvalue weighted by molar-refractivity contribution is 6.20. The number of aliphatic hydroxyl groups is 1. The van der Waals surface area contributed by atoms with Gasteiger partial charge < -0.3 is 14.9 Å². The summed E-state index contributed by atoms with van der Waals surface area (Å²) < 4.78 is 5.20. The lowest BCUT2D eigenvalue weighted by Gasteiger charge is -2.27. The van der Waals surface area contributed by atoms with Crippen molar-refractivity contribution in [3.8, 4) is 11.5 Å². The highest BCUT2D eigenvalue weighted by Crippen LogP contribution is 2.43. The summed E-state index contributed by atoms with van der Waals surface area (Å²) in [5.74, 6) is -1.58. The number of benzene rings is 3. The molecule has 0 aromatic heterocycles. The summed E-state index contributed by atoms with van der Waals surface area (Å²) in [6, 6.07) is 21.0. The molecule has 0 fully saturated rings. The lowest BCUT2D eigenvalue weighted by molar-refractivity contribution is -0.117. The SMILES string of the molecule is COc1cc(C2C(C(=O)c3ccccc3)=C(O)C(=O)N2c2ccccc2)ccc1O. The molecular weight excluding hydrogens is 382 g/mol. The van der Waals surface area contributed by atoms with E-state index in [1.54, 1.807) is 66.7 Å². The van der Waals surface area contributed by atoms with E-state index in [1.807, 2.05) is 6.07 Å². The number of Topliss-reactive ketones (excluding diaryl/α,β-unsaturated/α-hetero) is 1. The quantitative estimate of drug-likeness (QED) is 0.626. The van der Waals surface area contributed by atoms with Crippen LogP contribution in [-0.2, 0) is 4.79 Å². The van der Waals surface area contributed by atoms with Crippen molar-refractivity contribution in [2.75, 3.05) is 12.0 Å². The van der Waals surface area contributed by atoms with Crippen LogP contribution < -0.4 is 9.64 Å². The molecule has 1 heterocycles. The van der Waals surface area contributed by atoms with Gasteiger partial charge in [-0.05, 0) is 29.8 Å². The Balaban J connectivity index is 1.91. The van der Waals surface area contributed by atoms with Crippen LogP contribution in [0.4, 0.5) is 5.69 Å². The van der Waals surface area contributed by atoms with Crippen molar-refractivity contribution in [1.82, 2.24) is 0 Å². The van der Waals surface area contributed by atoms with E-state index in [0.29, 0.717) is 16.8 Å². The van der Waals surface area contributed by atoms with Crippen LogP contribution in [-0.4, -0.2) is 29.0 Å². The molecule has 0 aliphatic carbocycles. The summed E-state index contributed by atoms with van der Waals surface area (Å²) >= 11 is 0. The first kappa shape index (κ1) is 19.3. The van der Waals surface area contributed by atoms with Crippen molar-refractivity contribution in [3.63, 3.8) is 0 Å². The van der Waals surface area contributed by atoms with E-state index in [9.17, 15) is 19.8 Å². The standard InChI is InChI=1S/C24H19NO5/c1-30-19-14-16(12-13-18(19)26)21-20(22(27)15-8-4-2-5-9-15)23(28)24(29)25(21)17-10-6-3-7-11-17/h2-14,21,26,28H,1H3. The molecule has 0 bridgehead atoms. The Labute approximate surface area is 173 Å². The van der Waals surface area contributed by atoms with Crippen molar-refractivity contribution in [2.24, 2.45) is 0 Å². The number of rotatable bonds is 5. The number of amides is 1. The first-order valence-electron chi connectivity index (χ1n) is 9.31. The van der Waals surface area contributed by atoms with Crippen molar-refractivity contribution in [1.29, 1.82) is 0 Å². The Morgan fingerprint density at radius 1 is 0.933 bits per heavy atom. The minimum atomic E-state index is -0.887. The zero-order chi connectivity index (χ0) is 21.3. The van der Waals surface area contributed by atoms with Crippen LogP contribution in [0.1, 0.15) is 22.0 Å². The van der Waals surface area contributed by atoms with Gasteiger partial charge in [-0.15, -0.1) is 0 Å². The van der Waals surface area contributed by atoms with Gasteiger partial charge in [0.25, 0.3) is 5.91 Å². The molecule has 2 N–H and O–H groups in total. The van der Waals surface area contributed by atoms with Gasteiger partial charge in [0, 0.05) is 11.3 Å². The number of methoxy groups -OCH3 is 1. The minimum Gasteiger partial charge on any atom is -0.504 e. The molecule has 3 aromatic carbocycles. The predicted molar refractivity (Wildman–Crippen MR) is 112 cm³/mol. The molecule has 0 radical (unpaired) electrons. The lowest BCUT2D eigenvalue weighted by Crippen LogP contribution is -2.31. The molecule has 6 nitrogen and oxygen atoms in total. The van der Waals surface area contributed by atoms with Crippen molar-refractivity contribution in [3.05, 3.63) is 101 Å². The van der Waals surface area contributed by atoms with Crippen LogP contribution in [0.15, 0.2) is 90.2 Å². The molecule has 0 spiro atoms. The molecule has 0 saturated heterocycles. The van der Waals surface area contributed by atoms with E-state index >= 15 is 0 Å². The average Bonchev–Trinajstić information content (AvgIpc) is 3.05. The van der Waals surface area contributed by atoms with E-state index < -0.39 is 23.5 Å². The summed E-state index contributed by atoms with van der Waals surface area (Å²) in [5.41, 5.74) is 1.38. The number of nitrogens with zero attached hydrogens (tertiary/aromatic N) is 1. The number of para-hydroxylation sites is 1. The van der Waals surface area contributed by atoms with Gasteiger partial charge in [0.15, 0.2) is 23.0 Å². The summed E-state index contributed by atoms with van der Waals surface area (Å²) in [6.07, 6.45) is 0. The van der Waals surface area contributed by atoms with Crippen LogP contribution in [0.2, 0.25) is 0 Å². The van der Waals surface area contributed by atoms with Gasteiger partial charge >= 0.3 is 0 Å². The molecule has 1 aliphatic heterocycles. The maximum absolute atomic E-state index is 13.3. The molecule has 1 atom stereocenters. The van der Waals surface area contributed by atoms with Gasteiger partial charge in [-0.25, -0.2) is 0 Å². The number of phenols is 1. The Kier molecular flexibility index (Phi) is 4.98. The van der Waals surface area contributed by atoms with Crippen molar-refractivity contribution < 1.29 is 24.5 Å². The average molecular weight is 401 g/mol. The summed E-state index contributed by atoms with van der Waals surface area (Å²) in [6.45, 7) is 0. The van der Waals surface area contributed by atoms with Gasteiger partial charge in [0.2, 0.25) is 0 Å². The molecule has 1 amide bonds. The molecule has 150 valence electrons. The smallest absolute Gasteiger partial charge is 0.294 e. The van der Waals surface area contributed by atoms with E-state index in [1.165, 1.54) is 18.1 Å². The van der Waals surface area contributed by atoms with E-state index in [-0.39, 0.29) is 17.1 Å². The molecular formula is C24H19NO5. The highest BCUT2D eigenvalue weighted by Gasteiger charge is 2.44. The van der Waals surface area contributed by atoms with Crippen molar-refractivity contribution >= 4 is 17.4 Å². The second kappa shape index (κ2) is 7.75. The van der Waals surface area contributed by atoms with Crippen LogP contribution in [0.5, 0.6) is 11.5 Å². The predicted octanol–water partition coefficient (Wildman–Crippen LogP) is 4.18. The second-order valence-corrected chi connectivity index (χ2v) is 6.80. The maximum Gasteiger partial charge on any atom is 0.294 e. The van der Waals surface area contributed by atoms with Crippen LogP contribution >= 0.6 is 0 Å². The zero-order valence-electron chi connectivity index (χ0n) is 16.1. The molecule has 1 unspecified atom stereocenters. The molecule has 6 heteroatoms. The Hall–Kier alpha value is -4.06. The van der Waals surface area contributed by atoms with Crippen LogP contribution in [0.25, 0.3) is 0 Å². The third-order valence-corrected chi connectivity index (χ3v) is 5.04. The fourth-order valence-electron chi connectivity index (χ4n) is 3.62. The highest BCUT2D eigenvalue weighted by atomic mass is 16.5. The topological polar surface area (TPSA) is 87.1 Å². The minimum absolute atomic E-state index is 0.0252. The fourth-order valence-corrected chi connectivity index (χ4v) is 3.62. The summed E-state index contributed by atoms with van der Waals surface area (Å²) in [5, 5.41) is 20.7.